The van der Waals surface area contributed by atoms with Gasteiger partial charge in [0.15, 0.2) is 0 Å². The molecule has 0 aliphatic rings. The van der Waals surface area contributed by atoms with Crippen LogP contribution < -0.4 is 11.1 Å². The number of carbonyl (C=O) groups is 1. The molecule has 0 atom stereocenters. The van der Waals surface area contributed by atoms with Crippen LogP contribution in [-0.4, -0.2) is 10.9 Å². The molecule has 2 rings (SSSR count). The second-order valence-electron chi connectivity index (χ2n) is 3.32. The van der Waals surface area contributed by atoms with Crippen molar-refractivity contribution >= 4 is 28.6 Å². The Morgan fingerprint density at radius 2 is 2.31 bits per heavy atom. The summed E-state index contributed by atoms with van der Waals surface area (Å²) in [5.74, 6) is -0.156. The highest BCUT2D eigenvalue weighted by atomic mass is 32.1. The summed E-state index contributed by atoms with van der Waals surface area (Å²) in [6.07, 6.45) is 1.57. The van der Waals surface area contributed by atoms with Crippen LogP contribution in [0.4, 0.5) is 11.4 Å². The summed E-state index contributed by atoms with van der Waals surface area (Å²) in [6, 6.07) is 7.07. The molecule has 5 heteroatoms. The lowest BCUT2D eigenvalue weighted by Crippen LogP contribution is -2.10. The van der Waals surface area contributed by atoms with Gasteiger partial charge in [-0.1, -0.05) is 6.07 Å². The van der Waals surface area contributed by atoms with Crippen molar-refractivity contribution in [3.8, 4) is 0 Å². The minimum atomic E-state index is -0.156. The van der Waals surface area contributed by atoms with Crippen LogP contribution >= 0.6 is 11.3 Å². The molecule has 1 aromatic carbocycles. The first-order valence-electron chi connectivity index (χ1n) is 4.74. The Balaban J connectivity index is 2.13. The first kappa shape index (κ1) is 10.6. The van der Waals surface area contributed by atoms with E-state index in [1.807, 2.05) is 6.92 Å². The van der Waals surface area contributed by atoms with Crippen molar-refractivity contribution in [3.05, 3.63) is 40.3 Å². The predicted octanol–water partition coefficient (Wildman–Crippen LogP) is 2.29. The first-order valence-corrected chi connectivity index (χ1v) is 5.56. The number of benzene rings is 1. The van der Waals surface area contributed by atoms with Gasteiger partial charge in [-0.3, -0.25) is 4.79 Å². The van der Waals surface area contributed by atoms with Crippen molar-refractivity contribution in [3.63, 3.8) is 0 Å². The largest absolute Gasteiger partial charge is 0.399 e. The topological polar surface area (TPSA) is 68.0 Å². The number of hydrogen-bond acceptors (Lipinski definition) is 4. The number of carbonyl (C=O) groups excluding carboxylic acids is 1. The van der Waals surface area contributed by atoms with Gasteiger partial charge in [-0.25, -0.2) is 4.98 Å². The molecule has 0 aliphatic heterocycles. The van der Waals surface area contributed by atoms with Crippen LogP contribution in [0.3, 0.4) is 0 Å². The number of thiazole rings is 1. The van der Waals surface area contributed by atoms with Crippen LogP contribution in [0.2, 0.25) is 0 Å². The number of aromatic nitrogens is 1. The third-order valence-corrected chi connectivity index (χ3v) is 2.90. The number of nitrogens with zero attached hydrogens (tertiary/aromatic N) is 1. The molecule has 0 saturated carbocycles. The van der Waals surface area contributed by atoms with Crippen molar-refractivity contribution in [2.75, 3.05) is 11.1 Å². The van der Waals surface area contributed by atoms with Gasteiger partial charge >= 0.3 is 0 Å². The fraction of sp³-hybridized carbons (Fsp3) is 0.0909. The van der Waals surface area contributed by atoms with E-state index < -0.39 is 0 Å². The lowest BCUT2D eigenvalue weighted by Gasteiger charge is -2.03. The van der Waals surface area contributed by atoms with Crippen molar-refractivity contribution in [1.29, 1.82) is 0 Å². The molecule has 1 amide bonds. The van der Waals surface area contributed by atoms with Crippen LogP contribution in [0, 0.1) is 6.92 Å². The van der Waals surface area contributed by atoms with Gasteiger partial charge in [-0.15, -0.1) is 11.3 Å². The Kier molecular flexibility index (Phi) is 2.87. The minimum absolute atomic E-state index is 0.156. The van der Waals surface area contributed by atoms with Crippen LogP contribution in [0.1, 0.15) is 14.7 Å². The van der Waals surface area contributed by atoms with Gasteiger partial charge in [0.25, 0.3) is 5.91 Å². The second kappa shape index (κ2) is 4.32. The Morgan fingerprint density at radius 3 is 2.94 bits per heavy atom. The quantitative estimate of drug-likeness (QED) is 0.782. The second-order valence-corrected chi connectivity index (χ2v) is 4.56. The lowest BCUT2D eigenvalue weighted by atomic mass is 10.3. The average molecular weight is 233 g/mol. The maximum atomic E-state index is 11.8. The van der Waals surface area contributed by atoms with Crippen molar-refractivity contribution in [1.82, 2.24) is 4.98 Å². The van der Waals surface area contributed by atoms with Gasteiger partial charge in [0.1, 0.15) is 4.88 Å². The number of rotatable bonds is 2. The van der Waals surface area contributed by atoms with Gasteiger partial charge in [0.2, 0.25) is 0 Å². The summed E-state index contributed by atoms with van der Waals surface area (Å²) >= 11 is 1.36. The van der Waals surface area contributed by atoms with Crippen molar-refractivity contribution in [2.24, 2.45) is 0 Å². The highest BCUT2D eigenvalue weighted by molar-refractivity contribution is 7.13. The zero-order chi connectivity index (χ0) is 11.5. The molecule has 0 spiro atoms. The molecule has 3 N–H and O–H groups in total. The van der Waals surface area contributed by atoms with Gasteiger partial charge in [0.05, 0.1) is 11.2 Å². The van der Waals surface area contributed by atoms with Gasteiger partial charge in [-0.05, 0) is 25.1 Å². The molecule has 0 fully saturated rings. The summed E-state index contributed by atoms with van der Waals surface area (Å²) in [5.41, 5.74) is 6.93. The van der Waals surface area contributed by atoms with Crippen LogP contribution in [0.25, 0.3) is 0 Å². The molecule has 0 aliphatic carbocycles. The number of nitrogen functional groups attached to an aromatic ring is 1. The molecule has 0 unspecified atom stereocenters. The van der Waals surface area contributed by atoms with Gasteiger partial charge < -0.3 is 11.1 Å². The molecule has 16 heavy (non-hydrogen) atoms. The van der Waals surface area contributed by atoms with Crippen LogP contribution in [0.5, 0.6) is 0 Å². The molecule has 1 aromatic heterocycles. The van der Waals surface area contributed by atoms with Crippen molar-refractivity contribution < 1.29 is 4.79 Å². The first-order chi connectivity index (χ1) is 7.65. The standard InChI is InChI=1S/C11H11N3OS/c1-7-13-6-10(16-7)11(15)14-9-4-2-3-8(12)5-9/h2-6H,12H2,1H3,(H,14,15). The highest BCUT2D eigenvalue weighted by Crippen LogP contribution is 2.16. The number of nitrogens with one attached hydrogen (secondary N) is 1. The number of nitrogens with two attached hydrogens (primary N) is 1. The minimum Gasteiger partial charge on any atom is -0.399 e. The maximum Gasteiger partial charge on any atom is 0.267 e. The van der Waals surface area contributed by atoms with Crippen LogP contribution in [-0.2, 0) is 0 Å². The van der Waals surface area contributed by atoms with E-state index in [1.54, 1.807) is 30.5 Å². The molecular formula is C11H11N3OS. The van der Waals surface area contributed by atoms with E-state index in [4.69, 9.17) is 5.73 Å². The van der Waals surface area contributed by atoms with Gasteiger partial charge in [-0.2, -0.15) is 0 Å². The zero-order valence-corrected chi connectivity index (χ0v) is 9.54. The maximum absolute atomic E-state index is 11.8. The highest BCUT2D eigenvalue weighted by Gasteiger charge is 2.08. The predicted molar refractivity (Wildman–Crippen MR) is 65.7 cm³/mol. The van der Waals surface area contributed by atoms with Gasteiger partial charge in [0, 0.05) is 11.4 Å². The molecule has 2 aromatic rings. The SMILES string of the molecule is Cc1ncc(C(=O)Nc2cccc(N)c2)s1. The smallest absolute Gasteiger partial charge is 0.267 e. The molecule has 4 nitrogen and oxygen atoms in total. The Morgan fingerprint density at radius 1 is 1.50 bits per heavy atom. The van der Waals surface area contributed by atoms with E-state index in [0.717, 1.165) is 5.01 Å². The molecular weight excluding hydrogens is 222 g/mol. The normalized spacial score (nSPS) is 10.1. The third-order valence-electron chi connectivity index (χ3n) is 1.99. The summed E-state index contributed by atoms with van der Waals surface area (Å²) in [4.78, 5) is 16.4. The fourth-order valence-corrected chi connectivity index (χ4v) is 1.95. The monoisotopic (exact) mass is 233 g/mol. The van der Waals surface area contributed by atoms with E-state index in [9.17, 15) is 4.79 Å². The van der Waals surface area contributed by atoms with Crippen LogP contribution in [0.15, 0.2) is 30.5 Å². The van der Waals surface area contributed by atoms with E-state index in [-0.39, 0.29) is 5.91 Å². The lowest BCUT2D eigenvalue weighted by molar-refractivity contribution is 0.103. The summed E-state index contributed by atoms with van der Waals surface area (Å²) in [6.45, 7) is 1.86. The number of hydrogen-bond donors (Lipinski definition) is 2. The van der Waals surface area contributed by atoms with Crippen molar-refractivity contribution in [2.45, 2.75) is 6.92 Å². The summed E-state index contributed by atoms with van der Waals surface area (Å²) in [7, 11) is 0. The fourth-order valence-electron chi connectivity index (χ4n) is 1.28. The number of anilines is 2. The molecule has 1 heterocycles. The Bertz CT molecular complexity index is 521. The molecule has 0 saturated heterocycles. The molecule has 82 valence electrons. The zero-order valence-electron chi connectivity index (χ0n) is 8.73. The van der Waals surface area contributed by atoms with E-state index >= 15 is 0 Å². The number of aryl methyl sites for hydroxylation is 1. The average Bonchev–Trinajstić information content (AvgIpc) is 2.65. The summed E-state index contributed by atoms with van der Waals surface area (Å²) < 4.78 is 0. The van der Waals surface area contributed by atoms with E-state index in [1.165, 1.54) is 11.3 Å². The summed E-state index contributed by atoms with van der Waals surface area (Å²) in [5, 5.41) is 3.64. The van der Waals surface area contributed by atoms with E-state index in [2.05, 4.69) is 10.3 Å². The Hall–Kier alpha value is -1.88. The molecule has 0 radical (unpaired) electrons. The van der Waals surface area contributed by atoms with E-state index in [0.29, 0.717) is 16.3 Å². The molecule has 0 bridgehead atoms. The Labute approximate surface area is 97.1 Å². The number of amides is 1. The third kappa shape index (κ3) is 2.38.